The molecule has 1 aliphatic rings. The molecule has 0 bridgehead atoms. The normalized spacial score (nSPS) is 12.5. The molecular formula is C67H46N2. The average molecular weight is 879 g/mol. The van der Waals surface area contributed by atoms with Crippen LogP contribution in [0.2, 0.25) is 0 Å². The molecule has 12 aromatic rings. The maximum Gasteiger partial charge on any atom is 0.0782 e. The van der Waals surface area contributed by atoms with Crippen LogP contribution in [0.25, 0.3) is 72.0 Å². The Labute approximate surface area is 403 Å². The maximum absolute atomic E-state index is 2.52. The Morgan fingerprint density at radius 2 is 0.768 bits per heavy atom. The Morgan fingerprint density at radius 1 is 0.290 bits per heavy atom. The van der Waals surface area contributed by atoms with Gasteiger partial charge in [0.1, 0.15) is 0 Å². The van der Waals surface area contributed by atoms with Crippen LogP contribution in [0.5, 0.6) is 0 Å². The van der Waals surface area contributed by atoms with Gasteiger partial charge in [0.05, 0.1) is 22.1 Å². The molecule has 11 aromatic carbocycles. The van der Waals surface area contributed by atoms with E-state index < -0.39 is 5.41 Å². The first-order valence-corrected chi connectivity index (χ1v) is 23.8. The lowest BCUT2D eigenvalue weighted by Crippen LogP contribution is -2.28. The van der Waals surface area contributed by atoms with E-state index >= 15 is 0 Å². The predicted molar refractivity (Wildman–Crippen MR) is 289 cm³/mol. The fourth-order valence-corrected chi connectivity index (χ4v) is 11.3. The molecule has 69 heavy (non-hydrogen) atoms. The van der Waals surface area contributed by atoms with Gasteiger partial charge in [-0.05, 0) is 104 Å². The minimum atomic E-state index is -0.562. The monoisotopic (exact) mass is 878 g/mol. The lowest BCUT2D eigenvalue weighted by molar-refractivity contribution is 0.768. The third-order valence-corrected chi connectivity index (χ3v) is 14.3. The zero-order valence-corrected chi connectivity index (χ0v) is 38.0. The van der Waals surface area contributed by atoms with E-state index in [4.69, 9.17) is 0 Å². The summed E-state index contributed by atoms with van der Waals surface area (Å²) in [5.74, 6) is 0. The van der Waals surface area contributed by atoms with Crippen molar-refractivity contribution in [2.24, 2.45) is 0 Å². The van der Waals surface area contributed by atoms with E-state index in [2.05, 4.69) is 289 Å². The van der Waals surface area contributed by atoms with Gasteiger partial charge in [-0.1, -0.05) is 237 Å². The zero-order valence-electron chi connectivity index (χ0n) is 38.0. The summed E-state index contributed by atoms with van der Waals surface area (Å²) in [7, 11) is 0. The fourth-order valence-electron chi connectivity index (χ4n) is 11.3. The third-order valence-electron chi connectivity index (χ3n) is 14.3. The molecule has 0 N–H and O–H groups in total. The van der Waals surface area contributed by atoms with Gasteiger partial charge in [0, 0.05) is 33.4 Å². The summed E-state index contributed by atoms with van der Waals surface area (Å²) >= 11 is 0. The molecule has 1 aliphatic carbocycles. The smallest absolute Gasteiger partial charge is 0.0782 e. The highest BCUT2D eigenvalue weighted by molar-refractivity contribution is 6.18. The molecule has 1 aromatic heterocycles. The van der Waals surface area contributed by atoms with Crippen molar-refractivity contribution in [2.75, 3.05) is 4.90 Å². The van der Waals surface area contributed by atoms with Crippen LogP contribution in [0.3, 0.4) is 0 Å². The predicted octanol–water partition coefficient (Wildman–Crippen LogP) is 17.6. The van der Waals surface area contributed by atoms with E-state index in [1.54, 1.807) is 0 Å². The van der Waals surface area contributed by atoms with Crippen LogP contribution < -0.4 is 4.90 Å². The summed E-state index contributed by atoms with van der Waals surface area (Å²) in [5, 5.41) is 2.39. The molecule has 0 radical (unpaired) electrons. The molecule has 0 saturated carbocycles. The standard InChI is InChI=1S/C67H46N2/c1-6-21-47(22-7-1)49-39-41-54(42-40-49)69-65-57(50-25-10-3-11-26-50)34-19-35-60(65)61-36-20-38-64(66(61)69)68(55-32-18-27-51(45-55)48-23-8-2-9-24-48)56-43-44-59-58-33-16-17-37-62(58)67(63(59)46-56,52-28-12-4-13-29-52)53-30-14-5-15-31-53/h1-46H. The van der Waals surface area contributed by atoms with Crippen LogP contribution >= 0.6 is 0 Å². The van der Waals surface area contributed by atoms with E-state index in [1.807, 2.05) is 0 Å². The molecule has 2 nitrogen and oxygen atoms in total. The van der Waals surface area contributed by atoms with Crippen LogP contribution in [0, 0.1) is 0 Å². The van der Waals surface area contributed by atoms with E-state index in [9.17, 15) is 0 Å². The van der Waals surface area contributed by atoms with E-state index in [-0.39, 0.29) is 0 Å². The van der Waals surface area contributed by atoms with Gasteiger partial charge in [0.25, 0.3) is 0 Å². The van der Waals surface area contributed by atoms with Crippen LogP contribution in [0.4, 0.5) is 17.1 Å². The highest BCUT2D eigenvalue weighted by Crippen LogP contribution is 2.57. The molecule has 1 heterocycles. The number of aromatic nitrogens is 1. The van der Waals surface area contributed by atoms with Crippen molar-refractivity contribution in [3.05, 3.63) is 301 Å². The lowest BCUT2D eigenvalue weighted by atomic mass is 9.67. The van der Waals surface area contributed by atoms with Gasteiger partial charge in [-0.2, -0.15) is 0 Å². The number of rotatable bonds is 9. The van der Waals surface area contributed by atoms with E-state index in [0.29, 0.717) is 0 Å². The molecule has 0 saturated heterocycles. The first-order valence-electron chi connectivity index (χ1n) is 23.8. The number of benzene rings is 11. The summed E-state index contributed by atoms with van der Waals surface area (Å²) in [6, 6.07) is 102. The summed E-state index contributed by atoms with van der Waals surface area (Å²) in [6.45, 7) is 0. The topological polar surface area (TPSA) is 8.17 Å². The second kappa shape index (κ2) is 16.7. The van der Waals surface area contributed by atoms with Crippen molar-refractivity contribution in [3.63, 3.8) is 0 Å². The molecule has 0 spiro atoms. The SMILES string of the molecule is c1ccc(-c2ccc(-n3c4c(-c5ccccc5)cccc4c4cccc(N(c5cccc(-c6ccccc6)c5)c5ccc6c(c5)C(c5ccccc5)(c5ccccc5)c5ccccc5-6)c43)cc2)cc1. The number of hydrogen-bond donors (Lipinski definition) is 0. The molecule has 324 valence electrons. The van der Waals surface area contributed by atoms with Crippen molar-refractivity contribution in [2.45, 2.75) is 5.41 Å². The number of anilines is 3. The average Bonchev–Trinajstić information content (AvgIpc) is 3.94. The van der Waals surface area contributed by atoms with Crippen LogP contribution in [-0.4, -0.2) is 4.57 Å². The molecule has 0 fully saturated rings. The Kier molecular flexibility index (Phi) is 9.77. The van der Waals surface area contributed by atoms with Gasteiger partial charge in [-0.3, -0.25) is 0 Å². The summed E-state index contributed by atoms with van der Waals surface area (Å²) in [4.78, 5) is 2.51. The van der Waals surface area contributed by atoms with Crippen molar-refractivity contribution in [1.82, 2.24) is 4.57 Å². The van der Waals surface area contributed by atoms with Crippen LogP contribution in [0.15, 0.2) is 279 Å². The minimum Gasteiger partial charge on any atom is -0.308 e. The lowest BCUT2D eigenvalue weighted by Gasteiger charge is -2.35. The Balaban J connectivity index is 1.13. The van der Waals surface area contributed by atoms with Crippen LogP contribution in [-0.2, 0) is 5.41 Å². The van der Waals surface area contributed by atoms with Crippen LogP contribution in [0.1, 0.15) is 22.3 Å². The molecule has 13 rings (SSSR count). The van der Waals surface area contributed by atoms with Gasteiger partial charge in [-0.15, -0.1) is 0 Å². The summed E-state index contributed by atoms with van der Waals surface area (Å²) < 4.78 is 2.52. The highest BCUT2D eigenvalue weighted by Gasteiger charge is 2.46. The molecule has 2 heteroatoms. The Hall–Kier alpha value is -8.98. The number of hydrogen-bond acceptors (Lipinski definition) is 1. The molecule has 0 unspecified atom stereocenters. The fraction of sp³-hybridized carbons (Fsp3) is 0.0149. The van der Waals surface area contributed by atoms with E-state index in [0.717, 1.165) is 33.8 Å². The zero-order chi connectivity index (χ0) is 45.7. The first-order chi connectivity index (χ1) is 34.3. The van der Waals surface area contributed by atoms with Crippen molar-refractivity contribution < 1.29 is 0 Å². The Bertz CT molecular complexity index is 3760. The maximum atomic E-state index is 2.52. The van der Waals surface area contributed by atoms with Gasteiger partial charge in [0.2, 0.25) is 0 Å². The molecular weight excluding hydrogens is 833 g/mol. The van der Waals surface area contributed by atoms with Crippen molar-refractivity contribution in [1.29, 1.82) is 0 Å². The van der Waals surface area contributed by atoms with Crippen molar-refractivity contribution in [3.8, 4) is 50.2 Å². The number of fused-ring (bicyclic) bond motifs is 6. The van der Waals surface area contributed by atoms with Gasteiger partial charge >= 0.3 is 0 Å². The first kappa shape index (κ1) is 40.3. The summed E-state index contributed by atoms with van der Waals surface area (Å²) in [6.07, 6.45) is 0. The third kappa shape index (κ3) is 6.56. The van der Waals surface area contributed by atoms with Gasteiger partial charge < -0.3 is 9.47 Å². The quantitative estimate of drug-likeness (QED) is 0.140. The molecule has 0 aliphatic heterocycles. The largest absolute Gasteiger partial charge is 0.308 e. The van der Waals surface area contributed by atoms with Crippen molar-refractivity contribution >= 4 is 38.9 Å². The number of nitrogens with zero attached hydrogens (tertiary/aromatic N) is 2. The van der Waals surface area contributed by atoms with Gasteiger partial charge in [-0.25, -0.2) is 0 Å². The van der Waals surface area contributed by atoms with E-state index in [1.165, 1.54) is 77.5 Å². The second-order valence-electron chi connectivity index (χ2n) is 18.0. The summed E-state index contributed by atoms with van der Waals surface area (Å²) in [5.41, 5.74) is 20.7. The second-order valence-corrected chi connectivity index (χ2v) is 18.0. The molecule has 0 amide bonds. The Morgan fingerprint density at radius 3 is 1.43 bits per heavy atom. The minimum absolute atomic E-state index is 0.562. The molecule has 0 atom stereocenters. The van der Waals surface area contributed by atoms with Gasteiger partial charge in [0.15, 0.2) is 0 Å². The highest BCUT2D eigenvalue weighted by atomic mass is 15.2. The number of para-hydroxylation sites is 2.